The topological polar surface area (TPSA) is 46.5 Å². The molecule has 3 aliphatic carbocycles. The van der Waals surface area contributed by atoms with Crippen molar-refractivity contribution in [3.8, 4) is 11.5 Å². The average Bonchev–Trinajstić information content (AvgIpc) is 2.79. The molecule has 3 heteroatoms. The summed E-state index contributed by atoms with van der Waals surface area (Å²) in [5, 5.41) is 11.1. The summed E-state index contributed by atoms with van der Waals surface area (Å²) < 4.78 is 6.31. The van der Waals surface area contributed by atoms with E-state index in [-0.39, 0.29) is 12.0 Å². The first-order valence-electron chi connectivity index (χ1n) is 12.7. The van der Waals surface area contributed by atoms with Gasteiger partial charge in [-0.05, 0) is 86.3 Å². The van der Waals surface area contributed by atoms with Crippen molar-refractivity contribution < 1.29 is 14.6 Å². The van der Waals surface area contributed by atoms with Gasteiger partial charge in [-0.25, -0.2) is 0 Å². The summed E-state index contributed by atoms with van der Waals surface area (Å²) in [7, 11) is 0. The van der Waals surface area contributed by atoms with Crippen molar-refractivity contribution in [2.45, 2.75) is 89.1 Å². The van der Waals surface area contributed by atoms with Crippen LogP contribution >= 0.6 is 0 Å². The third kappa shape index (κ3) is 4.31. The van der Waals surface area contributed by atoms with Crippen LogP contribution in [0, 0.1) is 11.8 Å². The number of benzene rings is 2. The highest BCUT2D eigenvalue weighted by Gasteiger charge is 2.47. The lowest BCUT2D eigenvalue weighted by Crippen LogP contribution is -2.38. The fraction of sp³-hybridized carbons (Fsp3) is 0.552. The zero-order chi connectivity index (χ0) is 22.1. The van der Waals surface area contributed by atoms with Gasteiger partial charge in [0, 0.05) is 24.5 Å². The molecule has 0 spiro atoms. The summed E-state index contributed by atoms with van der Waals surface area (Å²) in [6.07, 6.45) is 10.6. The van der Waals surface area contributed by atoms with Gasteiger partial charge in [-0.1, -0.05) is 43.2 Å². The first-order valence-corrected chi connectivity index (χ1v) is 12.7. The van der Waals surface area contributed by atoms with Crippen molar-refractivity contribution in [3.05, 3.63) is 59.2 Å². The molecule has 0 bridgehead atoms. The highest BCUT2D eigenvalue weighted by Crippen LogP contribution is 2.58. The van der Waals surface area contributed by atoms with E-state index in [1.165, 1.54) is 36.8 Å². The Morgan fingerprint density at radius 1 is 1.03 bits per heavy atom. The Labute approximate surface area is 192 Å². The second-order valence-corrected chi connectivity index (χ2v) is 10.4. The van der Waals surface area contributed by atoms with Crippen molar-refractivity contribution in [2.75, 3.05) is 0 Å². The molecule has 5 atom stereocenters. The third-order valence-corrected chi connectivity index (χ3v) is 8.28. The number of rotatable bonds is 6. The standard InChI is InChI=1S/C29H36O3/c1-19(8-7-11-20-9-3-2-4-10-20)32-22-17-27-24-13-6-5-12-23(24)25-15-14-21(30)16-26(25)29(27)28(31)18-22/h2-4,9-10,17-19,23-26,31H,5-8,11-16H2,1H3/t19-,23+,24-,25+,26-/m1/s1. The summed E-state index contributed by atoms with van der Waals surface area (Å²) in [6.45, 7) is 2.13. The quantitative estimate of drug-likeness (QED) is 0.539. The number of aryl methyl sites for hydroxylation is 1. The zero-order valence-corrected chi connectivity index (χ0v) is 19.3. The van der Waals surface area contributed by atoms with Crippen LogP contribution in [0.2, 0.25) is 0 Å². The van der Waals surface area contributed by atoms with Gasteiger partial charge < -0.3 is 9.84 Å². The number of fused-ring (bicyclic) bond motifs is 6. The minimum absolute atomic E-state index is 0.103. The van der Waals surface area contributed by atoms with Crippen LogP contribution in [-0.2, 0) is 11.2 Å². The fourth-order valence-corrected chi connectivity index (χ4v) is 6.86. The molecule has 3 nitrogen and oxygen atoms in total. The molecule has 32 heavy (non-hydrogen) atoms. The molecule has 170 valence electrons. The van der Waals surface area contributed by atoms with E-state index in [4.69, 9.17) is 4.74 Å². The summed E-state index contributed by atoms with van der Waals surface area (Å²) in [5.74, 6) is 3.42. The molecule has 0 aromatic heterocycles. The Morgan fingerprint density at radius 3 is 2.66 bits per heavy atom. The summed E-state index contributed by atoms with van der Waals surface area (Å²) in [5.41, 5.74) is 3.71. The lowest BCUT2D eigenvalue weighted by Gasteiger charge is -2.48. The van der Waals surface area contributed by atoms with Crippen LogP contribution in [0.15, 0.2) is 42.5 Å². The second-order valence-electron chi connectivity index (χ2n) is 10.4. The molecule has 2 fully saturated rings. The Hall–Kier alpha value is -2.29. The number of phenols is 1. The minimum atomic E-state index is 0.103. The molecule has 3 aliphatic rings. The highest BCUT2D eigenvalue weighted by molar-refractivity contribution is 5.81. The number of hydrogen-bond acceptors (Lipinski definition) is 3. The Bertz CT molecular complexity index is 950. The van der Waals surface area contributed by atoms with E-state index < -0.39 is 0 Å². The van der Waals surface area contributed by atoms with Crippen LogP contribution in [0.1, 0.15) is 93.2 Å². The van der Waals surface area contributed by atoms with Gasteiger partial charge in [0.25, 0.3) is 0 Å². The normalized spacial score (nSPS) is 27.7. The van der Waals surface area contributed by atoms with Gasteiger partial charge in [-0.3, -0.25) is 4.79 Å². The Kier molecular flexibility index (Phi) is 6.26. The van der Waals surface area contributed by atoms with Crippen molar-refractivity contribution in [1.82, 2.24) is 0 Å². The van der Waals surface area contributed by atoms with E-state index >= 15 is 0 Å². The van der Waals surface area contributed by atoms with Crippen LogP contribution in [0.4, 0.5) is 0 Å². The first kappa shape index (κ1) is 21.6. The Morgan fingerprint density at radius 2 is 1.81 bits per heavy atom. The maximum absolute atomic E-state index is 12.3. The van der Waals surface area contributed by atoms with Crippen LogP contribution < -0.4 is 4.74 Å². The molecule has 2 aromatic rings. The fourth-order valence-electron chi connectivity index (χ4n) is 6.86. The maximum atomic E-state index is 12.3. The van der Waals surface area contributed by atoms with E-state index in [1.54, 1.807) is 0 Å². The van der Waals surface area contributed by atoms with E-state index in [1.807, 2.05) is 6.07 Å². The van der Waals surface area contributed by atoms with Gasteiger partial charge in [-0.15, -0.1) is 0 Å². The van der Waals surface area contributed by atoms with Gasteiger partial charge in [-0.2, -0.15) is 0 Å². The van der Waals surface area contributed by atoms with E-state index in [0.29, 0.717) is 35.7 Å². The van der Waals surface area contributed by atoms with Gasteiger partial charge in [0.15, 0.2) is 0 Å². The molecule has 0 unspecified atom stereocenters. The van der Waals surface area contributed by atoms with Crippen molar-refractivity contribution >= 4 is 5.78 Å². The summed E-state index contributed by atoms with van der Waals surface area (Å²) in [4.78, 5) is 12.3. The first-order chi connectivity index (χ1) is 15.6. The monoisotopic (exact) mass is 432 g/mol. The van der Waals surface area contributed by atoms with E-state index in [2.05, 4.69) is 43.3 Å². The number of ether oxygens (including phenoxy) is 1. The van der Waals surface area contributed by atoms with E-state index in [9.17, 15) is 9.90 Å². The summed E-state index contributed by atoms with van der Waals surface area (Å²) >= 11 is 0. The van der Waals surface area contributed by atoms with Crippen LogP contribution in [-0.4, -0.2) is 17.0 Å². The lowest BCUT2D eigenvalue weighted by atomic mass is 9.55. The van der Waals surface area contributed by atoms with Gasteiger partial charge in [0.2, 0.25) is 0 Å². The molecular formula is C29H36O3. The smallest absolute Gasteiger partial charge is 0.133 e. The van der Waals surface area contributed by atoms with Crippen molar-refractivity contribution in [1.29, 1.82) is 0 Å². The number of ketones is 1. The zero-order valence-electron chi connectivity index (χ0n) is 19.3. The minimum Gasteiger partial charge on any atom is -0.508 e. The maximum Gasteiger partial charge on any atom is 0.133 e. The van der Waals surface area contributed by atoms with Crippen molar-refractivity contribution in [3.63, 3.8) is 0 Å². The molecule has 2 saturated carbocycles. The number of Topliss-reactive ketones (excluding diaryl/α,β-unsaturated/α-hetero) is 1. The van der Waals surface area contributed by atoms with Gasteiger partial charge >= 0.3 is 0 Å². The molecule has 5 rings (SSSR count). The molecule has 0 amide bonds. The SMILES string of the molecule is C[C@H](CCCc1ccccc1)Oc1cc(O)c2c(c1)[C@@H]1CCCC[C@@H]1[C@@H]1CCC(=O)C[C@@H]21. The molecule has 0 radical (unpaired) electrons. The molecule has 0 saturated heterocycles. The summed E-state index contributed by atoms with van der Waals surface area (Å²) in [6, 6.07) is 14.6. The highest BCUT2D eigenvalue weighted by atomic mass is 16.5. The predicted octanol–water partition coefficient (Wildman–Crippen LogP) is 6.92. The van der Waals surface area contributed by atoms with E-state index in [0.717, 1.165) is 43.4 Å². The second kappa shape index (κ2) is 9.29. The Balaban J connectivity index is 1.33. The predicted molar refractivity (Wildman–Crippen MR) is 127 cm³/mol. The van der Waals surface area contributed by atoms with Crippen molar-refractivity contribution in [2.24, 2.45) is 11.8 Å². The molecule has 1 N–H and O–H groups in total. The number of phenolic OH excluding ortho intramolecular Hbond substituents is 1. The van der Waals surface area contributed by atoms with Crippen LogP contribution in [0.5, 0.6) is 11.5 Å². The lowest BCUT2D eigenvalue weighted by molar-refractivity contribution is -0.122. The van der Waals surface area contributed by atoms with Gasteiger partial charge in [0.05, 0.1) is 6.10 Å². The molecular weight excluding hydrogens is 396 g/mol. The molecule has 2 aromatic carbocycles. The average molecular weight is 433 g/mol. The number of aromatic hydroxyl groups is 1. The van der Waals surface area contributed by atoms with Crippen LogP contribution in [0.25, 0.3) is 0 Å². The number of hydrogen-bond donors (Lipinski definition) is 1. The molecule has 0 heterocycles. The largest absolute Gasteiger partial charge is 0.508 e. The molecule has 0 aliphatic heterocycles. The number of carbonyl (C=O) groups excluding carboxylic acids is 1. The van der Waals surface area contributed by atoms with Gasteiger partial charge in [0.1, 0.15) is 17.3 Å². The number of carbonyl (C=O) groups is 1. The third-order valence-electron chi connectivity index (χ3n) is 8.28. The van der Waals surface area contributed by atoms with Crippen LogP contribution in [0.3, 0.4) is 0 Å².